The van der Waals surface area contributed by atoms with Crippen molar-refractivity contribution in [3.63, 3.8) is 0 Å². The van der Waals surface area contributed by atoms with Gasteiger partial charge in [-0.2, -0.15) is 0 Å². The van der Waals surface area contributed by atoms with Crippen LogP contribution < -0.4 is 0 Å². The van der Waals surface area contributed by atoms with Crippen LogP contribution in [0.1, 0.15) is 37.7 Å². The van der Waals surface area contributed by atoms with Crippen molar-refractivity contribution in [3.05, 3.63) is 35.9 Å². The second kappa shape index (κ2) is 7.85. The third-order valence-corrected chi connectivity index (χ3v) is 5.97. The summed E-state index contributed by atoms with van der Waals surface area (Å²) in [5, 5.41) is 10.1. The van der Waals surface area contributed by atoms with Gasteiger partial charge >= 0.3 is 0 Å². The molecule has 1 saturated carbocycles. The molecule has 138 valence electrons. The van der Waals surface area contributed by atoms with Crippen LogP contribution in [0, 0.1) is 0 Å². The van der Waals surface area contributed by atoms with Crippen molar-refractivity contribution in [3.8, 4) is 0 Å². The SMILES string of the molecule is CO[C@@]12CC[C@@H](O)C[C@@H]1N(CCC(=O)N(C)Cc1ccccc1)CC2. The van der Waals surface area contributed by atoms with Crippen molar-refractivity contribution in [1.29, 1.82) is 0 Å². The van der Waals surface area contributed by atoms with Crippen LogP contribution in [0.2, 0.25) is 0 Å². The molecule has 2 fully saturated rings. The zero-order valence-electron chi connectivity index (χ0n) is 15.4. The van der Waals surface area contributed by atoms with Crippen molar-refractivity contribution in [2.24, 2.45) is 0 Å². The molecule has 1 heterocycles. The van der Waals surface area contributed by atoms with Gasteiger partial charge in [0.05, 0.1) is 11.7 Å². The van der Waals surface area contributed by atoms with Crippen molar-refractivity contribution in [1.82, 2.24) is 9.80 Å². The molecule has 1 aromatic rings. The Labute approximate surface area is 150 Å². The number of likely N-dealkylation sites (tertiary alicyclic amines) is 1. The molecule has 1 aliphatic heterocycles. The predicted molar refractivity (Wildman–Crippen MR) is 97.1 cm³/mol. The number of hydrogen-bond donors (Lipinski definition) is 1. The Hall–Kier alpha value is -1.43. The molecule has 3 rings (SSSR count). The van der Waals surface area contributed by atoms with Crippen LogP contribution in [0.25, 0.3) is 0 Å². The molecule has 1 amide bonds. The van der Waals surface area contributed by atoms with Gasteiger partial charge in [-0.25, -0.2) is 0 Å². The van der Waals surface area contributed by atoms with Gasteiger partial charge < -0.3 is 14.7 Å². The molecule has 1 N–H and O–H groups in total. The highest BCUT2D eigenvalue weighted by Gasteiger charge is 2.50. The number of hydrogen-bond acceptors (Lipinski definition) is 4. The van der Waals surface area contributed by atoms with E-state index in [0.29, 0.717) is 13.0 Å². The molecule has 5 heteroatoms. The molecule has 1 aliphatic carbocycles. The number of benzene rings is 1. The van der Waals surface area contributed by atoms with E-state index in [1.54, 1.807) is 12.0 Å². The Morgan fingerprint density at radius 2 is 2.12 bits per heavy atom. The third kappa shape index (κ3) is 4.05. The molecule has 0 spiro atoms. The van der Waals surface area contributed by atoms with E-state index in [4.69, 9.17) is 4.74 Å². The maximum atomic E-state index is 12.5. The number of nitrogens with zero attached hydrogens (tertiary/aromatic N) is 2. The lowest BCUT2D eigenvalue weighted by Gasteiger charge is -2.42. The molecule has 0 unspecified atom stereocenters. The van der Waals surface area contributed by atoms with Gasteiger partial charge in [-0.3, -0.25) is 9.69 Å². The largest absolute Gasteiger partial charge is 0.393 e. The molecule has 0 bridgehead atoms. The normalized spacial score (nSPS) is 29.4. The molecule has 0 aromatic heterocycles. The predicted octanol–water partition coefficient (Wildman–Crippen LogP) is 2.04. The minimum absolute atomic E-state index is 0.127. The highest BCUT2D eigenvalue weighted by molar-refractivity contribution is 5.76. The van der Waals surface area contributed by atoms with Crippen LogP contribution in [0.5, 0.6) is 0 Å². The molecule has 1 aromatic carbocycles. The van der Waals surface area contributed by atoms with Crippen LogP contribution in [0.15, 0.2) is 30.3 Å². The van der Waals surface area contributed by atoms with Gasteiger partial charge in [0.1, 0.15) is 0 Å². The van der Waals surface area contributed by atoms with Gasteiger partial charge in [0, 0.05) is 46.3 Å². The van der Waals surface area contributed by atoms with Crippen LogP contribution in [0.3, 0.4) is 0 Å². The standard InChI is InChI=1S/C20H30N2O3/c1-21(15-16-6-4-3-5-7-16)19(24)9-12-22-13-11-20(25-2)10-8-17(23)14-18(20)22/h3-7,17-18,23H,8-15H2,1-2H3/t17-,18+,20-/m1/s1. The van der Waals surface area contributed by atoms with Gasteiger partial charge in [0.25, 0.3) is 0 Å². The number of rotatable bonds is 6. The summed E-state index contributed by atoms with van der Waals surface area (Å²) in [6.45, 7) is 2.32. The minimum Gasteiger partial charge on any atom is -0.393 e. The zero-order chi connectivity index (χ0) is 17.9. The first-order chi connectivity index (χ1) is 12.0. The first-order valence-electron chi connectivity index (χ1n) is 9.29. The first kappa shape index (κ1) is 18.4. The number of ether oxygens (including phenoxy) is 1. The van der Waals surface area contributed by atoms with Gasteiger partial charge in [-0.15, -0.1) is 0 Å². The number of methoxy groups -OCH3 is 1. The van der Waals surface area contributed by atoms with E-state index in [2.05, 4.69) is 4.90 Å². The lowest BCUT2D eigenvalue weighted by Crippen LogP contribution is -2.51. The monoisotopic (exact) mass is 346 g/mol. The molecule has 5 nitrogen and oxygen atoms in total. The van der Waals surface area contributed by atoms with Crippen LogP contribution >= 0.6 is 0 Å². The zero-order valence-corrected chi connectivity index (χ0v) is 15.4. The highest BCUT2D eigenvalue weighted by Crippen LogP contribution is 2.42. The molecular weight excluding hydrogens is 316 g/mol. The molecular formula is C20H30N2O3. The van der Waals surface area contributed by atoms with Crippen molar-refractivity contribution < 1.29 is 14.6 Å². The lowest BCUT2D eigenvalue weighted by atomic mass is 9.79. The summed E-state index contributed by atoms with van der Waals surface area (Å²) in [7, 11) is 3.65. The highest BCUT2D eigenvalue weighted by atomic mass is 16.5. The fraction of sp³-hybridized carbons (Fsp3) is 0.650. The van der Waals surface area contributed by atoms with Gasteiger partial charge in [0.15, 0.2) is 0 Å². The van der Waals surface area contributed by atoms with E-state index in [1.165, 1.54) is 0 Å². The van der Waals surface area contributed by atoms with E-state index in [1.807, 2.05) is 37.4 Å². The quantitative estimate of drug-likeness (QED) is 0.856. The molecule has 2 aliphatic rings. The van der Waals surface area contributed by atoms with Crippen LogP contribution in [-0.4, -0.2) is 65.8 Å². The van der Waals surface area contributed by atoms with Crippen LogP contribution in [0.4, 0.5) is 0 Å². The van der Waals surface area contributed by atoms with E-state index < -0.39 is 0 Å². The summed E-state index contributed by atoms with van der Waals surface area (Å²) in [5.74, 6) is 0.162. The maximum absolute atomic E-state index is 12.5. The maximum Gasteiger partial charge on any atom is 0.223 e. The summed E-state index contributed by atoms with van der Waals surface area (Å²) in [6.07, 6.45) is 3.74. The summed E-state index contributed by atoms with van der Waals surface area (Å²) in [5.41, 5.74) is 1.02. The Morgan fingerprint density at radius 3 is 2.84 bits per heavy atom. The second-order valence-corrected chi connectivity index (χ2v) is 7.48. The number of amides is 1. The molecule has 1 saturated heterocycles. The summed E-state index contributed by atoms with van der Waals surface area (Å²) in [6, 6.07) is 10.3. The molecule has 0 radical (unpaired) electrons. The lowest BCUT2D eigenvalue weighted by molar-refractivity contribution is -0.131. The smallest absolute Gasteiger partial charge is 0.223 e. The fourth-order valence-corrected chi connectivity index (χ4v) is 4.41. The Kier molecular flexibility index (Phi) is 5.77. The second-order valence-electron chi connectivity index (χ2n) is 7.48. The summed E-state index contributed by atoms with van der Waals surface area (Å²) < 4.78 is 5.87. The van der Waals surface area contributed by atoms with Crippen LogP contribution in [-0.2, 0) is 16.1 Å². The number of aliphatic hydroxyl groups is 1. The van der Waals surface area contributed by atoms with E-state index >= 15 is 0 Å². The Balaban J connectivity index is 1.53. The number of carbonyl (C=O) groups excluding carboxylic acids is 1. The van der Waals surface area contributed by atoms with Crippen molar-refractivity contribution >= 4 is 5.91 Å². The number of aliphatic hydroxyl groups excluding tert-OH is 1. The summed E-state index contributed by atoms with van der Waals surface area (Å²) in [4.78, 5) is 16.6. The Morgan fingerprint density at radius 1 is 1.36 bits per heavy atom. The van der Waals surface area contributed by atoms with Gasteiger partial charge in [-0.1, -0.05) is 30.3 Å². The average Bonchev–Trinajstić information content (AvgIpc) is 2.99. The Bertz CT molecular complexity index is 580. The third-order valence-electron chi connectivity index (χ3n) is 5.97. The fourth-order valence-electron chi connectivity index (χ4n) is 4.41. The topological polar surface area (TPSA) is 53.0 Å². The van der Waals surface area contributed by atoms with Gasteiger partial charge in [-0.05, 0) is 31.2 Å². The minimum atomic E-state index is -0.245. The number of fused-ring (bicyclic) bond motifs is 1. The first-order valence-corrected chi connectivity index (χ1v) is 9.29. The van der Waals surface area contributed by atoms with E-state index in [0.717, 1.165) is 44.3 Å². The van der Waals surface area contributed by atoms with E-state index in [-0.39, 0.29) is 23.7 Å². The van der Waals surface area contributed by atoms with Crippen molar-refractivity contribution in [2.75, 3.05) is 27.2 Å². The molecule has 3 atom stereocenters. The van der Waals surface area contributed by atoms with Crippen molar-refractivity contribution in [2.45, 2.75) is 56.4 Å². The summed E-state index contributed by atoms with van der Waals surface area (Å²) >= 11 is 0. The molecule has 25 heavy (non-hydrogen) atoms. The average molecular weight is 346 g/mol. The van der Waals surface area contributed by atoms with Gasteiger partial charge in [0.2, 0.25) is 5.91 Å². The van der Waals surface area contributed by atoms with E-state index in [9.17, 15) is 9.90 Å². The number of carbonyl (C=O) groups is 1.